The highest BCUT2D eigenvalue weighted by Crippen LogP contribution is 2.25. The zero-order valence-electron chi connectivity index (χ0n) is 13.0. The first-order valence-corrected chi connectivity index (χ1v) is 7.55. The van der Waals surface area contributed by atoms with Crippen LogP contribution in [0.2, 0.25) is 0 Å². The fraction of sp³-hybridized carbons (Fsp3) is 0.438. The van der Waals surface area contributed by atoms with E-state index in [0.717, 1.165) is 36.6 Å². The summed E-state index contributed by atoms with van der Waals surface area (Å²) in [6, 6.07) is 3.91. The molecule has 0 saturated carbocycles. The average Bonchev–Trinajstić information content (AvgIpc) is 3.15. The number of imidazole rings is 1. The van der Waals surface area contributed by atoms with Gasteiger partial charge in [-0.3, -0.25) is 4.98 Å². The topological polar surface area (TPSA) is 63.1 Å². The summed E-state index contributed by atoms with van der Waals surface area (Å²) in [4.78, 5) is 22.8. The van der Waals surface area contributed by atoms with Crippen molar-refractivity contribution < 1.29 is 4.79 Å². The van der Waals surface area contributed by atoms with Crippen molar-refractivity contribution in [1.82, 2.24) is 24.8 Å². The van der Waals surface area contributed by atoms with Crippen LogP contribution >= 0.6 is 0 Å². The maximum absolute atomic E-state index is 12.2. The third kappa shape index (κ3) is 3.10. The highest BCUT2D eigenvalue weighted by Gasteiger charge is 2.29. The van der Waals surface area contributed by atoms with Crippen molar-refractivity contribution in [3.63, 3.8) is 0 Å². The number of hydrogen-bond acceptors (Lipinski definition) is 3. The van der Waals surface area contributed by atoms with Gasteiger partial charge in [0.2, 0.25) is 0 Å². The van der Waals surface area contributed by atoms with Gasteiger partial charge in [-0.2, -0.15) is 0 Å². The van der Waals surface area contributed by atoms with E-state index < -0.39 is 0 Å². The van der Waals surface area contributed by atoms with Gasteiger partial charge in [0.25, 0.3) is 0 Å². The van der Waals surface area contributed by atoms with Gasteiger partial charge in [0.05, 0.1) is 12.2 Å². The lowest BCUT2D eigenvalue weighted by Gasteiger charge is -2.17. The highest BCUT2D eigenvalue weighted by molar-refractivity contribution is 5.74. The van der Waals surface area contributed by atoms with Gasteiger partial charge >= 0.3 is 6.03 Å². The molecule has 2 amide bonds. The molecule has 0 aromatic carbocycles. The van der Waals surface area contributed by atoms with Crippen molar-refractivity contribution in [3.8, 4) is 0 Å². The minimum absolute atomic E-state index is 0.0286. The second-order valence-electron chi connectivity index (χ2n) is 5.81. The van der Waals surface area contributed by atoms with Gasteiger partial charge in [-0.05, 0) is 25.0 Å². The van der Waals surface area contributed by atoms with Crippen LogP contribution in [0.15, 0.2) is 30.7 Å². The molecule has 6 nitrogen and oxygen atoms in total. The van der Waals surface area contributed by atoms with Crippen molar-refractivity contribution in [3.05, 3.63) is 47.8 Å². The first kappa shape index (κ1) is 14.6. The molecule has 3 heterocycles. The van der Waals surface area contributed by atoms with E-state index in [2.05, 4.69) is 15.3 Å². The molecule has 0 bridgehead atoms. The van der Waals surface area contributed by atoms with Gasteiger partial charge in [-0.1, -0.05) is 6.07 Å². The van der Waals surface area contributed by atoms with E-state index in [9.17, 15) is 4.79 Å². The molecule has 0 aliphatic carbocycles. The van der Waals surface area contributed by atoms with Crippen LogP contribution in [0.25, 0.3) is 0 Å². The van der Waals surface area contributed by atoms with E-state index in [1.807, 2.05) is 48.0 Å². The van der Waals surface area contributed by atoms with Crippen LogP contribution in [0.4, 0.5) is 4.79 Å². The minimum atomic E-state index is -0.0286. The van der Waals surface area contributed by atoms with Gasteiger partial charge in [-0.25, -0.2) is 9.78 Å². The molecule has 116 valence electrons. The van der Waals surface area contributed by atoms with Crippen LogP contribution < -0.4 is 5.32 Å². The number of hydrogen-bond donors (Lipinski definition) is 1. The predicted octanol–water partition coefficient (Wildman–Crippen LogP) is 1.82. The van der Waals surface area contributed by atoms with Crippen molar-refractivity contribution >= 4 is 6.03 Å². The third-order valence-corrected chi connectivity index (χ3v) is 4.09. The highest BCUT2D eigenvalue weighted by atomic mass is 16.2. The monoisotopic (exact) mass is 299 g/mol. The van der Waals surface area contributed by atoms with Crippen LogP contribution in [-0.2, 0) is 13.6 Å². The fourth-order valence-electron chi connectivity index (χ4n) is 2.81. The largest absolute Gasteiger partial charge is 0.338 e. The zero-order chi connectivity index (χ0) is 15.5. The molecule has 0 spiro atoms. The number of amides is 2. The molecule has 1 aliphatic heterocycles. The van der Waals surface area contributed by atoms with E-state index in [1.54, 1.807) is 6.20 Å². The van der Waals surface area contributed by atoms with Crippen molar-refractivity contribution in [2.24, 2.45) is 7.05 Å². The first-order valence-electron chi connectivity index (χ1n) is 7.55. The van der Waals surface area contributed by atoms with Crippen molar-refractivity contribution in [2.45, 2.75) is 25.8 Å². The number of urea groups is 1. The lowest BCUT2D eigenvalue weighted by molar-refractivity contribution is 0.207. The molecule has 0 radical (unpaired) electrons. The summed E-state index contributed by atoms with van der Waals surface area (Å²) in [5.74, 6) is 1.37. The number of rotatable bonds is 3. The first-order chi connectivity index (χ1) is 10.6. The predicted molar refractivity (Wildman–Crippen MR) is 83.3 cm³/mol. The Balaban J connectivity index is 1.53. The average molecular weight is 299 g/mol. The zero-order valence-corrected chi connectivity index (χ0v) is 13.0. The lowest BCUT2D eigenvalue weighted by Crippen LogP contribution is -2.38. The summed E-state index contributed by atoms with van der Waals surface area (Å²) >= 11 is 0. The molecule has 3 rings (SSSR count). The fourth-order valence-corrected chi connectivity index (χ4v) is 2.81. The number of nitrogens with one attached hydrogen (secondary N) is 1. The van der Waals surface area contributed by atoms with Crippen LogP contribution in [0.5, 0.6) is 0 Å². The van der Waals surface area contributed by atoms with Crippen molar-refractivity contribution in [1.29, 1.82) is 0 Å². The van der Waals surface area contributed by atoms with E-state index in [0.29, 0.717) is 12.5 Å². The Labute approximate surface area is 130 Å². The number of carbonyl (C=O) groups is 1. The molecular weight excluding hydrogens is 278 g/mol. The number of aryl methyl sites for hydroxylation is 2. The number of likely N-dealkylation sites (tertiary alicyclic amines) is 1. The Hall–Kier alpha value is -2.37. The second-order valence-corrected chi connectivity index (χ2v) is 5.81. The molecule has 6 heteroatoms. The summed E-state index contributed by atoms with van der Waals surface area (Å²) < 4.78 is 2.03. The Morgan fingerprint density at radius 3 is 2.95 bits per heavy atom. The Bertz CT molecular complexity index is 649. The summed E-state index contributed by atoms with van der Waals surface area (Å²) in [7, 11) is 1.99. The SMILES string of the molecule is Cc1ccc(CNC(=O)N2CCC(c3nccn3C)C2)nc1. The van der Waals surface area contributed by atoms with Gasteiger partial charge in [0.15, 0.2) is 0 Å². The van der Waals surface area contributed by atoms with Crippen LogP contribution in [0.1, 0.15) is 29.4 Å². The number of nitrogens with zero attached hydrogens (tertiary/aromatic N) is 4. The number of aromatic nitrogens is 3. The molecule has 1 aliphatic rings. The van der Waals surface area contributed by atoms with Gasteiger partial charge in [-0.15, -0.1) is 0 Å². The quantitative estimate of drug-likeness (QED) is 0.940. The summed E-state index contributed by atoms with van der Waals surface area (Å²) in [5.41, 5.74) is 1.99. The summed E-state index contributed by atoms with van der Waals surface area (Å²) in [6.45, 7) is 3.95. The van der Waals surface area contributed by atoms with Gasteiger partial charge in [0, 0.05) is 44.6 Å². The smallest absolute Gasteiger partial charge is 0.317 e. The van der Waals surface area contributed by atoms with Crippen LogP contribution in [0, 0.1) is 6.92 Å². The number of pyridine rings is 1. The Kier molecular flexibility index (Phi) is 4.09. The molecule has 1 saturated heterocycles. The third-order valence-electron chi connectivity index (χ3n) is 4.09. The van der Waals surface area contributed by atoms with E-state index in [1.165, 1.54) is 0 Å². The minimum Gasteiger partial charge on any atom is -0.338 e. The lowest BCUT2D eigenvalue weighted by atomic mass is 10.1. The molecule has 2 aromatic heterocycles. The van der Waals surface area contributed by atoms with Crippen LogP contribution in [0.3, 0.4) is 0 Å². The molecule has 1 fully saturated rings. The standard InChI is InChI=1S/C16H21N5O/c1-12-3-4-14(18-9-12)10-19-16(22)21-7-5-13(11-21)15-17-6-8-20(15)2/h3-4,6,8-9,13H,5,7,10-11H2,1-2H3,(H,19,22). The van der Waals surface area contributed by atoms with Crippen LogP contribution in [-0.4, -0.2) is 38.6 Å². The molecular formula is C16H21N5O. The van der Waals surface area contributed by atoms with Gasteiger partial charge in [0.1, 0.15) is 5.82 Å². The molecule has 2 aromatic rings. The normalized spacial score (nSPS) is 17.7. The number of carbonyl (C=O) groups excluding carboxylic acids is 1. The summed E-state index contributed by atoms with van der Waals surface area (Å²) in [6.07, 6.45) is 6.53. The van der Waals surface area contributed by atoms with E-state index in [4.69, 9.17) is 0 Å². The van der Waals surface area contributed by atoms with Crippen molar-refractivity contribution in [2.75, 3.05) is 13.1 Å². The second kappa shape index (κ2) is 6.17. The summed E-state index contributed by atoms with van der Waals surface area (Å²) in [5, 5.41) is 2.94. The molecule has 1 atom stereocenters. The molecule has 1 unspecified atom stereocenters. The Morgan fingerprint density at radius 1 is 1.41 bits per heavy atom. The van der Waals surface area contributed by atoms with E-state index >= 15 is 0 Å². The maximum atomic E-state index is 12.2. The maximum Gasteiger partial charge on any atom is 0.317 e. The molecule has 22 heavy (non-hydrogen) atoms. The Morgan fingerprint density at radius 2 is 2.27 bits per heavy atom. The van der Waals surface area contributed by atoms with E-state index in [-0.39, 0.29) is 6.03 Å². The molecule has 1 N–H and O–H groups in total. The van der Waals surface area contributed by atoms with Gasteiger partial charge < -0.3 is 14.8 Å².